The second kappa shape index (κ2) is 4.88. The number of fused-ring (bicyclic) bond motifs is 1. The molecule has 0 amide bonds. The zero-order valence-electron chi connectivity index (χ0n) is 11.1. The Hall–Kier alpha value is -1.10. The molecule has 1 N–H and O–H groups in total. The molecule has 2 aliphatic rings. The number of nitrogens with zero attached hydrogens (tertiary/aromatic N) is 3. The summed E-state index contributed by atoms with van der Waals surface area (Å²) in [6, 6.07) is 0. The summed E-state index contributed by atoms with van der Waals surface area (Å²) in [4.78, 5) is 0. The van der Waals surface area contributed by atoms with Gasteiger partial charge >= 0.3 is 0 Å². The van der Waals surface area contributed by atoms with Gasteiger partial charge in [0.15, 0.2) is 0 Å². The highest BCUT2D eigenvalue weighted by Gasteiger charge is 2.28. The van der Waals surface area contributed by atoms with Gasteiger partial charge in [0.25, 0.3) is 0 Å². The molecule has 3 rings (SSSR count). The fourth-order valence-electron chi connectivity index (χ4n) is 2.77. The molecule has 1 aromatic heterocycles. The van der Waals surface area contributed by atoms with Crippen LogP contribution < -0.4 is 5.32 Å². The maximum Gasteiger partial charge on any atom is 0.224 e. The third kappa shape index (κ3) is 2.36. The number of hydrogen-bond donors (Lipinski definition) is 1. The molecule has 0 aromatic carbocycles. The van der Waals surface area contributed by atoms with Gasteiger partial charge in [0.1, 0.15) is 5.82 Å². The number of hydrogen-bond acceptors (Lipinski definition) is 4. The van der Waals surface area contributed by atoms with Crippen molar-refractivity contribution in [3.8, 4) is 0 Å². The van der Waals surface area contributed by atoms with Crippen LogP contribution in [-0.2, 0) is 17.7 Å². The molecule has 0 radical (unpaired) electrons. The van der Waals surface area contributed by atoms with Gasteiger partial charge in [-0.15, -0.1) is 10.2 Å². The molecule has 5 heteroatoms. The first-order valence-corrected chi connectivity index (χ1v) is 7.01. The maximum absolute atomic E-state index is 5.43. The summed E-state index contributed by atoms with van der Waals surface area (Å²) in [7, 11) is 0. The molecule has 0 unspecified atom stereocenters. The van der Waals surface area contributed by atoms with E-state index in [0.717, 1.165) is 57.3 Å². The Morgan fingerprint density at radius 1 is 1.28 bits per heavy atom. The smallest absolute Gasteiger partial charge is 0.224 e. The van der Waals surface area contributed by atoms with Gasteiger partial charge in [-0.25, -0.2) is 0 Å². The minimum atomic E-state index is 0.333. The lowest BCUT2D eigenvalue weighted by atomic mass is 9.82. The van der Waals surface area contributed by atoms with Gasteiger partial charge < -0.3 is 10.1 Å². The van der Waals surface area contributed by atoms with Crippen molar-refractivity contribution in [3.63, 3.8) is 0 Å². The number of rotatable bonds is 3. The number of nitrogens with one attached hydrogen (secondary N) is 1. The normalized spacial score (nSPS) is 22.5. The van der Waals surface area contributed by atoms with E-state index in [0.29, 0.717) is 5.41 Å². The zero-order valence-corrected chi connectivity index (χ0v) is 11.1. The maximum atomic E-state index is 5.43. The molecule has 0 bridgehead atoms. The summed E-state index contributed by atoms with van der Waals surface area (Å²) in [6.45, 7) is 6.13. The largest absolute Gasteiger partial charge is 0.381 e. The molecular weight excluding hydrogens is 228 g/mol. The molecule has 1 aromatic rings. The van der Waals surface area contributed by atoms with Crippen molar-refractivity contribution >= 4 is 5.95 Å². The molecule has 1 saturated heterocycles. The second-order valence-corrected chi connectivity index (χ2v) is 5.83. The molecule has 0 atom stereocenters. The summed E-state index contributed by atoms with van der Waals surface area (Å²) in [5.74, 6) is 2.10. The van der Waals surface area contributed by atoms with Gasteiger partial charge in [0, 0.05) is 32.7 Å². The minimum Gasteiger partial charge on any atom is -0.381 e. The van der Waals surface area contributed by atoms with Gasteiger partial charge in [-0.05, 0) is 31.1 Å². The van der Waals surface area contributed by atoms with Crippen LogP contribution in [0.15, 0.2) is 0 Å². The van der Waals surface area contributed by atoms with Crippen LogP contribution in [-0.4, -0.2) is 34.5 Å². The van der Waals surface area contributed by atoms with Crippen molar-refractivity contribution in [2.45, 2.75) is 45.6 Å². The third-order valence-electron chi connectivity index (χ3n) is 4.23. The van der Waals surface area contributed by atoms with E-state index in [1.165, 1.54) is 12.8 Å². The summed E-state index contributed by atoms with van der Waals surface area (Å²) < 4.78 is 7.67. The predicted molar refractivity (Wildman–Crippen MR) is 69.6 cm³/mol. The molecule has 1 fully saturated rings. The van der Waals surface area contributed by atoms with Crippen LogP contribution in [0.1, 0.15) is 38.4 Å². The van der Waals surface area contributed by atoms with Crippen LogP contribution in [0.5, 0.6) is 0 Å². The van der Waals surface area contributed by atoms with Crippen LogP contribution >= 0.6 is 0 Å². The molecule has 3 heterocycles. The average Bonchev–Trinajstić information content (AvgIpc) is 2.81. The number of aryl methyl sites for hydroxylation is 1. The zero-order chi connectivity index (χ0) is 12.4. The van der Waals surface area contributed by atoms with Gasteiger partial charge in [0.05, 0.1) is 0 Å². The van der Waals surface area contributed by atoms with Gasteiger partial charge in [-0.2, -0.15) is 0 Å². The van der Waals surface area contributed by atoms with Crippen LogP contribution in [0, 0.1) is 5.41 Å². The van der Waals surface area contributed by atoms with Crippen molar-refractivity contribution in [1.29, 1.82) is 0 Å². The van der Waals surface area contributed by atoms with Crippen LogP contribution in [0.4, 0.5) is 5.95 Å². The number of ether oxygens (including phenoxy) is 1. The monoisotopic (exact) mass is 250 g/mol. The molecule has 100 valence electrons. The minimum absolute atomic E-state index is 0.333. The molecule has 5 nitrogen and oxygen atoms in total. The molecular formula is C13H22N4O. The van der Waals surface area contributed by atoms with E-state index in [2.05, 4.69) is 27.0 Å². The van der Waals surface area contributed by atoms with Crippen molar-refractivity contribution in [1.82, 2.24) is 14.8 Å². The second-order valence-electron chi connectivity index (χ2n) is 5.83. The summed E-state index contributed by atoms with van der Waals surface area (Å²) >= 11 is 0. The molecule has 0 saturated carbocycles. The van der Waals surface area contributed by atoms with Crippen molar-refractivity contribution in [2.75, 3.05) is 25.1 Å². The van der Waals surface area contributed by atoms with Crippen molar-refractivity contribution < 1.29 is 4.74 Å². The fourth-order valence-corrected chi connectivity index (χ4v) is 2.77. The van der Waals surface area contributed by atoms with E-state index in [1.807, 2.05) is 0 Å². The molecule has 18 heavy (non-hydrogen) atoms. The Morgan fingerprint density at radius 2 is 2.11 bits per heavy atom. The van der Waals surface area contributed by atoms with Crippen LogP contribution in [0.2, 0.25) is 0 Å². The highest BCUT2D eigenvalue weighted by Crippen LogP contribution is 2.30. The highest BCUT2D eigenvalue weighted by atomic mass is 16.5. The van der Waals surface area contributed by atoms with Crippen molar-refractivity contribution in [3.05, 3.63) is 5.82 Å². The first-order chi connectivity index (χ1) is 8.77. The lowest BCUT2D eigenvalue weighted by molar-refractivity contribution is 0.0299. The van der Waals surface area contributed by atoms with E-state index in [4.69, 9.17) is 4.74 Å². The Balaban J connectivity index is 1.64. The van der Waals surface area contributed by atoms with Gasteiger partial charge in [0.2, 0.25) is 5.95 Å². The third-order valence-corrected chi connectivity index (χ3v) is 4.23. The Kier molecular flexibility index (Phi) is 3.24. The summed E-state index contributed by atoms with van der Waals surface area (Å²) in [5.41, 5.74) is 0.333. The first kappa shape index (κ1) is 12.0. The number of anilines is 1. The van der Waals surface area contributed by atoms with E-state index >= 15 is 0 Å². The lowest BCUT2D eigenvalue weighted by Gasteiger charge is -2.33. The van der Waals surface area contributed by atoms with E-state index in [9.17, 15) is 0 Å². The first-order valence-electron chi connectivity index (χ1n) is 7.01. The van der Waals surface area contributed by atoms with E-state index in [1.54, 1.807) is 0 Å². The molecule has 0 spiro atoms. The molecule has 2 aliphatic heterocycles. The standard InChI is InChI=1S/C13H22N4O/c1-13(5-8-18-9-6-13)10-14-12-16-15-11-4-2-3-7-17(11)12/h2-10H2,1H3,(H,14,16). The molecule has 0 aliphatic carbocycles. The lowest BCUT2D eigenvalue weighted by Crippen LogP contribution is -2.33. The highest BCUT2D eigenvalue weighted by molar-refractivity contribution is 5.27. The fraction of sp³-hybridized carbons (Fsp3) is 0.846. The van der Waals surface area contributed by atoms with Crippen molar-refractivity contribution in [2.24, 2.45) is 5.41 Å². The summed E-state index contributed by atoms with van der Waals surface area (Å²) in [5, 5.41) is 12.0. The quantitative estimate of drug-likeness (QED) is 0.889. The Bertz CT molecular complexity index is 409. The summed E-state index contributed by atoms with van der Waals surface area (Å²) in [6.07, 6.45) is 5.81. The van der Waals surface area contributed by atoms with E-state index in [-0.39, 0.29) is 0 Å². The Labute approximate surface area is 108 Å². The Morgan fingerprint density at radius 3 is 2.94 bits per heavy atom. The van der Waals surface area contributed by atoms with Gasteiger partial charge in [-0.1, -0.05) is 6.92 Å². The predicted octanol–water partition coefficient (Wildman–Crippen LogP) is 1.84. The number of aromatic nitrogens is 3. The topological polar surface area (TPSA) is 52.0 Å². The van der Waals surface area contributed by atoms with Gasteiger partial charge in [-0.3, -0.25) is 4.57 Å². The van der Waals surface area contributed by atoms with E-state index < -0.39 is 0 Å². The SMILES string of the molecule is CC1(CNc2nnc3n2CCCC3)CCOCC1. The average molecular weight is 250 g/mol. The van der Waals surface area contributed by atoms with Crippen LogP contribution in [0.25, 0.3) is 0 Å². The van der Waals surface area contributed by atoms with Crippen LogP contribution in [0.3, 0.4) is 0 Å².